The first kappa shape index (κ1) is 11.2. The largest absolute Gasteiger partial charge is 0.264 e. The minimum Gasteiger partial charge on any atom is -0.264 e. The Hall–Kier alpha value is -1.28. The number of rotatable bonds is 3. The van der Waals surface area contributed by atoms with Crippen LogP contribution in [0.5, 0.6) is 0 Å². The van der Waals surface area contributed by atoms with Crippen LogP contribution in [0.15, 0.2) is 53.7 Å². The van der Waals surface area contributed by atoms with Gasteiger partial charge < -0.3 is 0 Å². The van der Waals surface area contributed by atoms with E-state index in [1.807, 2.05) is 24.0 Å². The van der Waals surface area contributed by atoms with Gasteiger partial charge in [-0.3, -0.25) is 4.98 Å². The molecule has 16 heavy (non-hydrogen) atoms. The van der Waals surface area contributed by atoms with Gasteiger partial charge in [-0.15, -0.1) is 11.8 Å². The highest BCUT2D eigenvalue weighted by atomic mass is 32.2. The first-order valence-electron chi connectivity index (χ1n) is 5.43. The Morgan fingerprint density at radius 1 is 1.00 bits per heavy atom. The van der Waals surface area contributed by atoms with Crippen LogP contribution >= 0.6 is 11.8 Å². The lowest BCUT2D eigenvalue weighted by Gasteiger charge is -2.06. The van der Waals surface area contributed by atoms with Gasteiger partial charge in [-0.05, 0) is 29.3 Å². The number of benzene rings is 1. The molecule has 0 radical (unpaired) electrons. The quantitative estimate of drug-likeness (QED) is 0.730. The van der Waals surface area contributed by atoms with Gasteiger partial charge in [0.2, 0.25) is 0 Å². The molecule has 1 aromatic heterocycles. The summed E-state index contributed by atoms with van der Waals surface area (Å²) in [6.45, 7) is 4.42. The molecule has 1 nitrogen and oxygen atoms in total. The minimum atomic E-state index is 0.629. The van der Waals surface area contributed by atoms with Gasteiger partial charge in [0, 0.05) is 22.5 Å². The summed E-state index contributed by atoms with van der Waals surface area (Å²) >= 11 is 1.89. The topological polar surface area (TPSA) is 12.9 Å². The maximum absolute atomic E-state index is 4.13. The summed E-state index contributed by atoms with van der Waals surface area (Å²) < 4.78 is 0. The van der Waals surface area contributed by atoms with Gasteiger partial charge in [0.25, 0.3) is 0 Å². The van der Waals surface area contributed by atoms with Gasteiger partial charge in [-0.1, -0.05) is 32.0 Å². The van der Waals surface area contributed by atoms with Gasteiger partial charge in [-0.2, -0.15) is 0 Å². The van der Waals surface area contributed by atoms with Crippen molar-refractivity contribution in [1.29, 1.82) is 0 Å². The molecule has 0 N–H and O–H groups in total. The van der Waals surface area contributed by atoms with Gasteiger partial charge in [0.1, 0.15) is 0 Å². The van der Waals surface area contributed by atoms with Gasteiger partial charge in [0.05, 0.1) is 0 Å². The van der Waals surface area contributed by atoms with E-state index >= 15 is 0 Å². The van der Waals surface area contributed by atoms with Crippen molar-refractivity contribution >= 4 is 11.8 Å². The molecule has 0 aliphatic carbocycles. The molecule has 2 rings (SSSR count). The molecule has 1 heterocycles. The molecule has 0 unspecified atom stereocenters. The van der Waals surface area contributed by atoms with Crippen LogP contribution in [0.1, 0.15) is 13.8 Å². The maximum atomic E-state index is 4.13. The third kappa shape index (κ3) is 2.86. The number of hydrogen-bond donors (Lipinski definition) is 0. The zero-order valence-corrected chi connectivity index (χ0v) is 10.4. The van der Waals surface area contributed by atoms with Crippen molar-refractivity contribution in [2.45, 2.75) is 24.0 Å². The first-order chi connectivity index (χ1) is 7.75. The van der Waals surface area contributed by atoms with Crippen LogP contribution in [0.2, 0.25) is 0 Å². The van der Waals surface area contributed by atoms with Crippen molar-refractivity contribution in [3.05, 3.63) is 48.8 Å². The Balaban J connectivity index is 2.20. The molecule has 1 aromatic carbocycles. The summed E-state index contributed by atoms with van der Waals surface area (Å²) in [5.74, 6) is 0. The van der Waals surface area contributed by atoms with Crippen LogP contribution in [0, 0.1) is 0 Å². The van der Waals surface area contributed by atoms with Crippen LogP contribution in [-0.4, -0.2) is 10.2 Å². The maximum Gasteiger partial charge on any atom is 0.0346 e. The lowest BCUT2D eigenvalue weighted by Crippen LogP contribution is -1.85. The summed E-state index contributed by atoms with van der Waals surface area (Å²) in [7, 11) is 0. The Bertz CT molecular complexity index is 434. The monoisotopic (exact) mass is 229 g/mol. The van der Waals surface area contributed by atoms with E-state index in [9.17, 15) is 0 Å². The highest BCUT2D eigenvalue weighted by Gasteiger charge is 2.00. The van der Waals surface area contributed by atoms with Crippen molar-refractivity contribution in [3.63, 3.8) is 0 Å². The molecule has 2 heteroatoms. The van der Waals surface area contributed by atoms with Crippen molar-refractivity contribution in [2.24, 2.45) is 0 Å². The highest BCUT2D eigenvalue weighted by molar-refractivity contribution is 7.99. The van der Waals surface area contributed by atoms with E-state index in [4.69, 9.17) is 0 Å². The molecule has 2 aromatic rings. The predicted octanol–water partition coefficient (Wildman–Crippen LogP) is 4.25. The summed E-state index contributed by atoms with van der Waals surface area (Å²) in [5, 5.41) is 0.629. The fourth-order valence-corrected chi connectivity index (χ4v) is 2.37. The molecule has 0 aliphatic rings. The zero-order valence-electron chi connectivity index (χ0n) is 9.55. The average Bonchev–Trinajstić information content (AvgIpc) is 2.30. The molecule has 0 amide bonds. The highest BCUT2D eigenvalue weighted by Crippen LogP contribution is 2.26. The molecular formula is C14H15NS. The smallest absolute Gasteiger partial charge is 0.0346 e. The second-order valence-corrected chi connectivity index (χ2v) is 5.58. The molecule has 82 valence electrons. The second-order valence-electron chi connectivity index (χ2n) is 3.93. The number of thioether (sulfide) groups is 1. The molecular weight excluding hydrogens is 214 g/mol. The Morgan fingerprint density at radius 3 is 2.31 bits per heavy atom. The second kappa shape index (κ2) is 5.17. The number of aromatic nitrogens is 1. The van der Waals surface area contributed by atoms with Crippen molar-refractivity contribution in [1.82, 2.24) is 4.98 Å². The third-order valence-corrected chi connectivity index (χ3v) is 3.24. The molecule has 0 aliphatic heterocycles. The van der Waals surface area contributed by atoms with E-state index < -0.39 is 0 Å². The third-order valence-electron chi connectivity index (χ3n) is 2.22. The van der Waals surface area contributed by atoms with Crippen molar-refractivity contribution < 1.29 is 0 Å². The Morgan fingerprint density at radius 2 is 1.75 bits per heavy atom. The number of nitrogens with zero attached hydrogens (tertiary/aromatic N) is 1. The molecule has 0 saturated carbocycles. The number of pyridine rings is 1. The van der Waals surface area contributed by atoms with E-state index in [-0.39, 0.29) is 0 Å². The number of hydrogen-bond acceptors (Lipinski definition) is 2. The van der Waals surface area contributed by atoms with Crippen LogP contribution in [0.25, 0.3) is 11.1 Å². The van der Waals surface area contributed by atoms with E-state index in [0.717, 1.165) is 0 Å². The normalized spacial score (nSPS) is 10.7. The molecule has 0 spiro atoms. The lowest BCUT2D eigenvalue weighted by molar-refractivity contribution is 1.11. The van der Waals surface area contributed by atoms with Crippen molar-refractivity contribution in [3.8, 4) is 11.1 Å². The molecule has 0 atom stereocenters. The van der Waals surface area contributed by atoms with Crippen LogP contribution in [-0.2, 0) is 0 Å². The van der Waals surface area contributed by atoms with Crippen LogP contribution in [0.3, 0.4) is 0 Å². The van der Waals surface area contributed by atoms with E-state index in [0.29, 0.717) is 5.25 Å². The van der Waals surface area contributed by atoms with Crippen molar-refractivity contribution in [2.75, 3.05) is 0 Å². The Labute approximate surface area is 101 Å². The molecule has 0 bridgehead atoms. The average molecular weight is 229 g/mol. The summed E-state index contributed by atoms with van der Waals surface area (Å²) in [4.78, 5) is 5.45. The molecule has 0 fully saturated rings. The molecule has 0 saturated heterocycles. The fraction of sp³-hybridized carbons (Fsp3) is 0.214. The lowest BCUT2D eigenvalue weighted by atomic mass is 10.1. The van der Waals surface area contributed by atoms with Crippen LogP contribution < -0.4 is 0 Å². The van der Waals surface area contributed by atoms with Gasteiger partial charge in [-0.25, -0.2) is 0 Å². The van der Waals surface area contributed by atoms with Gasteiger partial charge in [0.15, 0.2) is 0 Å². The van der Waals surface area contributed by atoms with E-state index in [2.05, 4.69) is 49.2 Å². The minimum absolute atomic E-state index is 0.629. The first-order valence-corrected chi connectivity index (χ1v) is 6.31. The summed E-state index contributed by atoms with van der Waals surface area (Å²) in [5.41, 5.74) is 2.39. The SMILES string of the molecule is CC(C)Sc1ccc(-c2cccnc2)cc1. The standard InChI is InChI=1S/C14H15NS/c1-11(2)16-14-7-5-12(6-8-14)13-4-3-9-15-10-13/h3-11H,1-2H3. The predicted molar refractivity (Wildman–Crippen MR) is 70.7 cm³/mol. The van der Waals surface area contributed by atoms with Crippen LogP contribution in [0.4, 0.5) is 0 Å². The van der Waals surface area contributed by atoms with Gasteiger partial charge >= 0.3 is 0 Å². The zero-order chi connectivity index (χ0) is 11.4. The van der Waals surface area contributed by atoms with E-state index in [1.165, 1.54) is 16.0 Å². The summed E-state index contributed by atoms with van der Waals surface area (Å²) in [6, 6.07) is 12.7. The van der Waals surface area contributed by atoms with E-state index in [1.54, 1.807) is 6.20 Å². The summed E-state index contributed by atoms with van der Waals surface area (Å²) in [6.07, 6.45) is 3.69. The Kier molecular flexibility index (Phi) is 3.62. The fourth-order valence-electron chi connectivity index (χ4n) is 1.53.